The minimum atomic E-state index is -0.0283. The van der Waals surface area contributed by atoms with Crippen LogP contribution in [-0.2, 0) is 6.42 Å². The first-order valence-electron chi connectivity index (χ1n) is 7.27. The van der Waals surface area contributed by atoms with E-state index in [9.17, 15) is 5.11 Å². The second kappa shape index (κ2) is 7.81. The molecule has 0 aliphatic carbocycles. The van der Waals surface area contributed by atoms with E-state index in [1.165, 1.54) is 5.56 Å². The molecule has 2 rings (SSSR count). The fourth-order valence-corrected chi connectivity index (χ4v) is 2.46. The molecular formula is C18H23NO2. The summed E-state index contributed by atoms with van der Waals surface area (Å²) in [4.78, 5) is 0. The highest BCUT2D eigenvalue weighted by molar-refractivity contribution is 5.27. The Morgan fingerprint density at radius 1 is 1.05 bits per heavy atom. The van der Waals surface area contributed by atoms with Crippen molar-refractivity contribution in [2.75, 3.05) is 13.7 Å². The lowest BCUT2D eigenvalue weighted by Crippen LogP contribution is -2.34. The predicted octanol–water partition coefficient (Wildman–Crippen LogP) is 2.95. The molecule has 0 aliphatic rings. The number of benzene rings is 2. The average Bonchev–Trinajstić information content (AvgIpc) is 2.54. The largest absolute Gasteiger partial charge is 0.497 e. The Kier molecular flexibility index (Phi) is 5.78. The van der Waals surface area contributed by atoms with Crippen LogP contribution in [0, 0.1) is 0 Å². The molecule has 0 spiro atoms. The highest BCUT2D eigenvalue weighted by atomic mass is 16.5. The number of rotatable bonds is 7. The molecular weight excluding hydrogens is 262 g/mol. The van der Waals surface area contributed by atoms with E-state index in [0.717, 1.165) is 17.7 Å². The van der Waals surface area contributed by atoms with Gasteiger partial charge in [-0.1, -0.05) is 42.5 Å². The Bertz CT molecular complexity index is 525. The highest BCUT2D eigenvalue weighted by Gasteiger charge is 2.13. The molecule has 0 bridgehead atoms. The summed E-state index contributed by atoms with van der Waals surface area (Å²) in [6.45, 7) is 2.23. The van der Waals surface area contributed by atoms with Gasteiger partial charge in [0.1, 0.15) is 5.75 Å². The van der Waals surface area contributed by atoms with Gasteiger partial charge < -0.3 is 15.2 Å². The molecule has 3 heteroatoms. The molecule has 0 fully saturated rings. The number of nitrogens with one attached hydrogen (secondary N) is 1. The summed E-state index contributed by atoms with van der Waals surface area (Å²) in [5, 5.41) is 13.1. The van der Waals surface area contributed by atoms with E-state index in [4.69, 9.17) is 4.74 Å². The van der Waals surface area contributed by atoms with Crippen LogP contribution in [0.5, 0.6) is 5.75 Å². The molecule has 0 amide bonds. The Balaban J connectivity index is 1.94. The highest BCUT2D eigenvalue weighted by Crippen LogP contribution is 2.16. The van der Waals surface area contributed by atoms with Gasteiger partial charge >= 0.3 is 0 Å². The fraction of sp³-hybridized carbons (Fsp3) is 0.333. The summed E-state index contributed by atoms with van der Waals surface area (Å²) in [5.41, 5.74) is 2.36. The van der Waals surface area contributed by atoms with Crippen LogP contribution in [0.1, 0.15) is 24.1 Å². The molecule has 2 aromatic carbocycles. The number of ether oxygens (including phenoxy) is 1. The van der Waals surface area contributed by atoms with E-state index in [1.54, 1.807) is 7.11 Å². The maximum Gasteiger partial charge on any atom is 0.118 e. The molecule has 0 aliphatic heterocycles. The van der Waals surface area contributed by atoms with E-state index < -0.39 is 0 Å². The lowest BCUT2D eigenvalue weighted by molar-refractivity contribution is 0.234. The van der Waals surface area contributed by atoms with Crippen molar-refractivity contribution in [2.24, 2.45) is 0 Å². The van der Waals surface area contributed by atoms with Crippen molar-refractivity contribution >= 4 is 0 Å². The van der Waals surface area contributed by atoms with E-state index in [2.05, 4.69) is 24.4 Å². The Morgan fingerprint density at radius 3 is 2.29 bits per heavy atom. The van der Waals surface area contributed by atoms with Gasteiger partial charge in [0.05, 0.1) is 19.8 Å². The lowest BCUT2D eigenvalue weighted by atomic mass is 10.0. The SMILES string of the molecule is COc1ccc(CC(C)NC(CO)c2ccccc2)cc1. The molecule has 2 aromatic rings. The molecule has 2 N–H and O–H groups in total. The van der Waals surface area contributed by atoms with Crippen molar-refractivity contribution in [1.82, 2.24) is 5.32 Å². The summed E-state index contributed by atoms with van der Waals surface area (Å²) in [6.07, 6.45) is 0.910. The minimum Gasteiger partial charge on any atom is -0.497 e. The number of aliphatic hydroxyl groups excluding tert-OH is 1. The Hall–Kier alpha value is -1.84. The summed E-state index contributed by atoms with van der Waals surface area (Å²) < 4.78 is 5.17. The van der Waals surface area contributed by atoms with Gasteiger partial charge in [-0.2, -0.15) is 0 Å². The quantitative estimate of drug-likeness (QED) is 0.822. The van der Waals surface area contributed by atoms with Crippen LogP contribution in [0.3, 0.4) is 0 Å². The molecule has 0 radical (unpaired) electrons. The lowest BCUT2D eigenvalue weighted by Gasteiger charge is -2.22. The Labute approximate surface area is 126 Å². The van der Waals surface area contributed by atoms with Crippen LogP contribution >= 0.6 is 0 Å². The third kappa shape index (κ3) is 4.59. The van der Waals surface area contributed by atoms with Crippen LogP contribution < -0.4 is 10.1 Å². The number of hydrogen-bond donors (Lipinski definition) is 2. The molecule has 112 valence electrons. The van der Waals surface area contributed by atoms with Crippen molar-refractivity contribution in [2.45, 2.75) is 25.4 Å². The molecule has 0 aromatic heterocycles. The first kappa shape index (κ1) is 15.5. The Morgan fingerprint density at radius 2 is 1.71 bits per heavy atom. The maximum atomic E-state index is 9.58. The van der Waals surface area contributed by atoms with Crippen molar-refractivity contribution in [3.05, 3.63) is 65.7 Å². The van der Waals surface area contributed by atoms with Crippen LogP contribution in [0.2, 0.25) is 0 Å². The van der Waals surface area contributed by atoms with Gasteiger partial charge in [-0.25, -0.2) is 0 Å². The van der Waals surface area contributed by atoms with Crippen molar-refractivity contribution in [3.63, 3.8) is 0 Å². The summed E-state index contributed by atoms with van der Waals surface area (Å²) in [6, 6.07) is 18.4. The normalized spacial score (nSPS) is 13.7. The van der Waals surface area contributed by atoms with Gasteiger partial charge in [-0.05, 0) is 36.6 Å². The first-order chi connectivity index (χ1) is 10.2. The number of methoxy groups -OCH3 is 1. The molecule has 0 saturated heterocycles. The smallest absolute Gasteiger partial charge is 0.118 e. The topological polar surface area (TPSA) is 41.5 Å². The van der Waals surface area contributed by atoms with Gasteiger partial charge in [0.15, 0.2) is 0 Å². The summed E-state index contributed by atoms with van der Waals surface area (Å²) in [7, 11) is 1.67. The van der Waals surface area contributed by atoms with Crippen LogP contribution in [-0.4, -0.2) is 24.9 Å². The van der Waals surface area contributed by atoms with E-state index >= 15 is 0 Å². The van der Waals surface area contributed by atoms with Gasteiger partial charge in [-0.3, -0.25) is 0 Å². The first-order valence-corrected chi connectivity index (χ1v) is 7.27. The molecule has 2 atom stereocenters. The third-order valence-corrected chi connectivity index (χ3v) is 3.57. The van der Waals surface area contributed by atoms with Gasteiger partial charge in [0.2, 0.25) is 0 Å². The maximum absolute atomic E-state index is 9.58. The zero-order valence-corrected chi connectivity index (χ0v) is 12.6. The standard InChI is InChI=1S/C18H23NO2/c1-14(12-15-8-10-17(21-2)11-9-15)19-18(13-20)16-6-4-3-5-7-16/h3-11,14,18-20H,12-13H2,1-2H3. The van der Waals surface area contributed by atoms with Gasteiger partial charge in [-0.15, -0.1) is 0 Å². The fourth-order valence-electron chi connectivity index (χ4n) is 2.46. The molecule has 0 heterocycles. The molecule has 21 heavy (non-hydrogen) atoms. The van der Waals surface area contributed by atoms with Crippen molar-refractivity contribution in [3.8, 4) is 5.75 Å². The molecule has 2 unspecified atom stereocenters. The van der Waals surface area contributed by atoms with Crippen LogP contribution in [0.15, 0.2) is 54.6 Å². The monoisotopic (exact) mass is 285 g/mol. The van der Waals surface area contributed by atoms with Crippen molar-refractivity contribution in [1.29, 1.82) is 0 Å². The summed E-state index contributed by atoms with van der Waals surface area (Å²) in [5.74, 6) is 0.872. The van der Waals surface area contributed by atoms with Crippen LogP contribution in [0.4, 0.5) is 0 Å². The number of hydrogen-bond acceptors (Lipinski definition) is 3. The van der Waals surface area contributed by atoms with Crippen molar-refractivity contribution < 1.29 is 9.84 Å². The molecule has 3 nitrogen and oxygen atoms in total. The zero-order valence-electron chi connectivity index (χ0n) is 12.6. The molecule has 0 saturated carbocycles. The van der Waals surface area contributed by atoms with Gasteiger partial charge in [0.25, 0.3) is 0 Å². The van der Waals surface area contributed by atoms with E-state index in [0.29, 0.717) is 0 Å². The van der Waals surface area contributed by atoms with Crippen LogP contribution in [0.25, 0.3) is 0 Å². The second-order valence-corrected chi connectivity index (χ2v) is 5.27. The minimum absolute atomic E-state index is 0.0283. The third-order valence-electron chi connectivity index (χ3n) is 3.57. The second-order valence-electron chi connectivity index (χ2n) is 5.27. The predicted molar refractivity (Wildman–Crippen MR) is 85.6 cm³/mol. The van der Waals surface area contributed by atoms with Gasteiger partial charge in [0, 0.05) is 6.04 Å². The number of aliphatic hydroxyl groups is 1. The summed E-state index contributed by atoms with van der Waals surface area (Å²) >= 11 is 0. The van der Waals surface area contributed by atoms with E-state index in [-0.39, 0.29) is 18.7 Å². The van der Waals surface area contributed by atoms with E-state index in [1.807, 2.05) is 42.5 Å². The zero-order chi connectivity index (χ0) is 15.1. The average molecular weight is 285 g/mol.